The van der Waals surface area contributed by atoms with Gasteiger partial charge in [-0.25, -0.2) is 0 Å². The van der Waals surface area contributed by atoms with Gasteiger partial charge in [0.1, 0.15) is 12.6 Å². The van der Waals surface area contributed by atoms with E-state index in [2.05, 4.69) is 11.8 Å². The van der Waals surface area contributed by atoms with E-state index in [-0.39, 0.29) is 6.61 Å². The summed E-state index contributed by atoms with van der Waals surface area (Å²) < 4.78 is 0. The van der Waals surface area contributed by atoms with Crippen LogP contribution < -0.4 is 9.80 Å². The number of aliphatic hydroxyl groups is 2. The lowest BCUT2D eigenvalue weighted by Crippen LogP contribution is -3.16. The largest absolute Gasteiger partial charge is 0.393 e. The topological polar surface area (TPSA) is 48.1 Å². The molecule has 0 bridgehead atoms. The zero-order chi connectivity index (χ0) is 13.8. The molecule has 0 aromatic heterocycles. The first kappa shape index (κ1) is 14.6. The Morgan fingerprint density at radius 1 is 1.37 bits per heavy atom. The zero-order valence-electron chi connectivity index (χ0n) is 11.3. The highest BCUT2D eigenvalue weighted by molar-refractivity contribution is 6.30. The zero-order valence-corrected chi connectivity index (χ0v) is 12.0. The molecule has 0 spiro atoms. The Labute approximate surface area is 119 Å². The van der Waals surface area contributed by atoms with E-state index in [4.69, 9.17) is 16.7 Å². The van der Waals surface area contributed by atoms with Gasteiger partial charge in [-0.1, -0.05) is 17.7 Å². The van der Waals surface area contributed by atoms with Crippen molar-refractivity contribution < 1.29 is 15.1 Å². The third-order valence-electron chi connectivity index (χ3n) is 3.72. The number of nitrogens with zero attached hydrogens (tertiary/aromatic N) is 1. The fourth-order valence-corrected chi connectivity index (χ4v) is 2.76. The molecule has 19 heavy (non-hydrogen) atoms. The van der Waals surface area contributed by atoms with Gasteiger partial charge in [0.05, 0.1) is 32.8 Å². The molecule has 2 rings (SSSR count). The third-order valence-corrected chi connectivity index (χ3v) is 3.95. The predicted molar refractivity (Wildman–Crippen MR) is 77.1 cm³/mol. The maximum Gasteiger partial charge on any atom is 0.126 e. The summed E-state index contributed by atoms with van der Waals surface area (Å²) in [5.41, 5.74) is 2.44. The van der Waals surface area contributed by atoms with E-state index in [1.807, 2.05) is 18.2 Å². The Balaban J connectivity index is 1.94. The van der Waals surface area contributed by atoms with Crippen LogP contribution in [0.15, 0.2) is 18.2 Å². The van der Waals surface area contributed by atoms with Gasteiger partial charge < -0.3 is 20.0 Å². The smallest absolute Gasteiger partial charge is 0.126 e. The summed E-state index contributed by atoms with van der Waals surface area (Å²) in [7, 11) is 0. The van der Waals surface area contributed by atoms with Crippen molar-refractivity contribution in [3.63, 3.8) is 0 Å². The minimum absolute atomic E-state index is 0.152. The van der Waals surface area contributed by atoms with Gasteiger partial charge in [0, 0.05) is 10.7 Å². The van der Waals surface area contributed by atoms with E-state index in [0.717, 1.165) is 31.2 Å². The van der Waals surface area contributed by atoms with E-state index in [0.29, 0.717) is 6.54 Å². The normalized spacial score (nSPS) is 18.6. The van der Waals surface area contributed by atoms with Crippen molar-refractivity contribution in [3.8, 4) is 0 Å². The summed E-state index contributed by atoms with van der Waals surface area (Å²) in [6.45, 7) is 6.43. The molecule has 0 aliphatic carbocycles. The number of hydrogen-bond acceptors (Lipinski definition) is 3. The second-order valence-corrected chi connectivity index (χ2v) is 5.64. The summed E-state index contributed by atoms with van der Waals surface area (Å²) in [6, 6.07) is 5.98. The molecule has 4 nitrogen and oxygen atoms in total. The van der Waals surface area contributed by atoms with Crippen molar-refractivity contribution in [2.45, 2.75) is 13.0 Å². The molecule has 5 heteroatoms. The lowest BCUT2D eigenvalue weighted by atomic mass is 10.1. The third kappa shape index (κ3) is 3.83. The van der Waals surface area contributed by atoms with Crippen LogP contribution in [0.4, 0.5) is 5.69 Å². The highest BCUT2D eigenvalue weighted by atomic mass is 35.5. The number of halogens is 1. The predicted octanol–water partition coefficient (Wildman–Crippen LogP) is -0.293. The Morgan fingerprint density at radius 3 is 2.68 bits per heavy atom. The van der Waals surface area contributed by atoms with Crippen LogP contribution in [-0.4, -0.2) is 55.6 Å². The quantitative estimate of drug-likeness (QED) is 0.712. The Morgan fingerprint density at radius 2 is 2.05 bits per heavy atom. The van der Waals surface area contributed by atoms with Gasteiger partial charge in [0.25, 0.3) is 0 Å². The van der Waals surface area contributed by atoms with Crippen LogP contribution in [0.1, 0.15) is 5.56 Å². The van der Waals surface area contributed by atoms with Crippen molar-refractivity contribution in [3.05, 3.63) is 28.8 Å². The highest BCUT2D eigenvalue weighted by Crippen LogP contribution is 2.24. The molecule has 3 N–H and O–H groups in total. The molecule has 1 saturated heterocycles. The summed E-state index contributed by atoms with van der Waals surface area (Å²) >= 11 is 6.06. The summed E-state index contributed by atoms with van der Waals surface area (Å²) in [6.07, 6.45) is -0.602. The molecule has 1 fully saturated rings. The van der Waals surface area contributed by atoms with Crippen LogP contribution in [0.3, 0.4) is 0 Å². The highest BCUT2D eigenvalue weighted by Gasteiger charge is 2.23. The molecule has 1 heterocycles. The first-order valence-electron chi connectivity index (χ1n) is 6.73. The minimum atomic E-state index is -0.602. The van der Waals surface area contributed by atoms with Crippen LogP contribution in [0.25, 0.3) is 0 Å². The number of aliphatic hydroxyl groups excluding tert-OH is 2. The average molecular weight is 286 g/mol. The monoisotopic (exact) mass is 285 g/mol. The first-order chi connectivity index (χ1) is 9.10. The number of aryl methyl sites for hydroxylation is 1. The maximum atomic E-state index is 9.47. The average Bonchev–Trinajstić information content (AvgIpc) is 2.42. The molecule has 1 aliphatic rings. The van der Waals surface area contributed by atoms with Gasteiger partial charge in [0.2, 0.25) is 0 Å². The van der Waals surface area contributed by atoms with Gasteiger partial charge in [-0.2, -0.15) is 0 Å². The molecule has 0 radical (unpaired) electrons. The molecule has 0 amide bonds. The van der Waals surface area contributed by atoms with Crippen molar-refractivity contribution in [1.82, 2.24) is 0 Å². The first-order valence-corrected chi connectivity index (χ1v) is 7.11. The number of benzene rings is 1. The van der Waals surface area contributed by atoms with Crippen molar-refractivity contribution >= 4 is 17.3 Å². The van der Waals surface area contributed by atoms with E-state index in [9.17, 15) is 5.11 Å². The second kappa shape index (κ2) is 6.57. The second-order valence-electron chi connectivity index (χ2n) is 5.21. The lowest BCUT2D eigenvalue weighted by Gasteiger charge is -2.35. The molecule has 0 unspecified atom stereocenters. The lowest BCUT2D eigenvalue weighted by molar-refractivity contribution is -0.903. The van der Waals surface area contributed by atoms with Crippen LogP contribution in [0.5, 0.6) is 0 Å². The fourth-order valence-electron chi connectivity index (χ4n) is 2.59. The molecule has 1 aliphatic heterocycles. The van der Waals surface area contributed by atoms with Crippen molar-refractivity contribution in [2.75, 3.05) is 44.2 Å². The van der Waals surface area contributed by atoms with E-state index in [1.54, 1.807) is 0 Å². The maximum absolute atomic E-state index is 9.47. The number of anilines is 1. The summed E-state index contributed by atoms with van der Waals surface area (Å²) in [4.78, 5) is 3.69. The Kier molecular flexibility index (Phi) is 5.05. The van der Waals surface area contributed by atoms with Crippen LogP contribution in [0, 0.1) is 6.92 Å². The fraction of sp³-hybridized carbons (Fsp3) is 0.571. The van der Waals surface area contributed by atoms with Crippen LogP contribution in [-0.2, 0) is 0 Å². The van der Waals surface area contributed by atoms with Gasteiger partial charge in [-0.3, -0.25) is 0 Å². The molecule has 106 valence electrons. The van der Waals surface area contributed by atoms with E-state index >= 15 is 0 Å². The number of nitrogens with one attached hydrogen (secondary N) is 1. The van der Waals surface area contributed by atoms with Gasteiger partial charge in [-0.15, -0.1) is 0 Å². The number of piperazine rings is 1. The van der Waals surface area contributed by atoms with Crippen molar-refractivity contribution in [2.24, 2.45) is 0 Å². The Bertz CT molecular complexity index is 420. The number of rotatable bonds is 4. The minimum Gasteiger partial charge on any atom is -0.393 e. The summed E-state index contributed by atoms with van der Waals surface area (Å²) in [5.74, 6) is 0. The van der Waals surface area contributed by atoms with E-state index in [1.165, 1.54) is 16.2 Å². The van der Waals surface area contributed by atoms with Gasteiger partial charge in [-0.05, 0) is 24.6 Å². The standard InChI is InChI=1S/C14H21ClN2O2/c1-11-2-3-12(15)8-14(11)17-6-4-16(5-7-17)9-13(19)10-18/h2-3,8,13,18-19H,4-7,9-10H2,1H3/p+1/t13-/m0/s1. The van der Waals surface area contributed by atoms with E-state index < -0.39 is 6.10 Å². The molecular weight excluding hydrogens is 264 g/mol. The number of hydrogen-bond donors (Lipinski definition) is 3. The number of quaternary nitrogens is 1. The van der Waals surface area contributed by atoms with Gasteiger partial charge in [0.15, 0.2) is 0 Å². The van der Waals surface area contributed by atoms with Crippen molar-refractivity contribution in [1.29, 1.82) is 0 Å². The van der Waals surface area contributed by atoms with Crippen LogP contribution >= 0.6 is 11.6 Å². The molecule has 1 aromatic rings. The van der Waals surface area contributed by atoms with Crippen LogP contribution in [0.2, 0.25) is 5.02 Å². The molecular formula is C14H22ClN2O2+. The molecule has 1 atom stereocenters. The van der Waals surface area contributed by atoms with Gasteiger partial charge >= 0.3 is 0 Å². The summed E-state index contributed by atoms with van der Waals surface area (Å²) in [5, 5.41) is 19.1. The molecule has 0 saturated carbocycles. The SMILES string of the molecule is Cc1ccc(Cl)cc1N1CC[NH+](C[C@H](O)CO)CC1. The Hall–Kier alpha value is -0.810. The molecule has 1 aromatic carbocycles.